The summed E-state index contributed by atoms with van der Waals surface area (Å²) in [6.45, 7) is 0.547. The molecule has 0 atom stereocenters. The third-order valence-electron chi connectivity index (χ3n) is 3.33. The molecule has 0 unspecified atom stereocenters. The average molecular weight is 468 g/mol. The second kappa shape index (κ2) is 8.19. The standard InChI is InChI=1S/C16H11BrFN5O2S2/c17-12-6-5-11(24-12)14-21-20-13(25-14)8-26-16-23-22-15(27-16)19-7-9-1-3-10(18)4-2-9/h1-6H,7-8H2,(H,19,22). The van der Waals surface area contributed by atoms with Crippen LogP contribution in [0.25, 0.3) is 11.7 Å². The van der Waals surface area contributed by atoms with E-state index in [0.29, 0.717) is 39.6 Å². The molecule has 0 amide bonds. The van der Waals surface area contributed by atoms with E-state index in [4.69, 9.17) is 8.83 Å². The molecule has 1 N–H and O–H groups in total. The average Bonchev–Trinajstić information content (AvgIpc) is 3.40. The fraction of sp³-hybridized carbons (Fsp3) is 0.125. The number of halogens is 2. The van der Waals surface area contributed by atoms with Gasteiger partial charge in [0.1, 0.15) is 5.82 Å². The monoisotopic (exact) mass is 467 g/mol. The lowest BCUT2D eigenvalue weighted by molar-refractivity contribution is 0.486. The van der Waals surface area contributed by atoms with Gasteiger partial charge in [0.05, 0.1) is 5.75 Å². The molecule has 138 valence electrons. The van der Waals surface area contributed by atoms with Gasteiger partial charge in [-0.2, -0.15) is 0 Å². The van der Waals surface area contributed by atoms with Crippen molar-refractivity contribution in [1.29, 1.82) is 0 Å². The van der Waals surface area contributed by atoms with Crippen molar-refractivity contribution in [3.63, 3.8) is 0 Å². The first kappa shape index (κ1) is 18.1. The third kappa shape index (κ3) is 4.73. The van der Waals surface area contributed by atoms with Crippen LogP contribution in [0, 0.1) is 5.82 Å². The molecule has 0 aliphatic carbocycles. The van der Waals surface area contributed by atoms with Crippen LogP contribution >= 0.6 is 39.0 Å². The first-order chi connectivity index (χ1) is 13.2. The van der Waals surface area contributed by atoms with Crippen molar-refractivity contribution < 1.29 is 13.2 Å². The van der Waals surface area contributed by atoms with Gasteiger partial charge in [0.2, 0.25) is 11.0 Å². The Bertz CT molecular complexity index is 1030. The van der Waals surface area contributed by atoms with Crippen LogP contribution in [0.1, 0.15) is 11.5 Å². The summed E-state index contributed by atoms with van der Waals surface area (Å²) < 4.78 is 25.2. The summed E-state index contributed by atoms with van der Waals surface area (Å²) in [5.41, 5.74) is 0.962. The lowest BCUT2D eigenvalue weighted by Gasteiger charge is -2.01. The molecule has 4 rings (SSSR count). The maximum Gasteiger partial charge on any atom is 0.283 e. The molecule has 0 radical (unpaired) electrons. The van der Waals surface area contributed by atoms with E-state index in [1.807, 2.05) is 0 Å². The first-order valence-corrected chi connectivity index (χ1v) is 10.3. The number of hydrogen-bond donors (Lipinski definition) is 1. The largest absolute Gasteiger partial charge is 0.444 e. The highest BCUT2D eigenvalue weighted by molar-refractivity contribution is 9.10. The molecular formula is C16H11BrFN5O2S2. The minimum atomic E-state index is -0.253. The zero-order valence-corrected chi connectivity index (χ0v) is 16.8. The molecule has 0 aliphatic rings. The van der Waals surface area contributed by atoms with E-state index in [1.54, 1.807) is 24.3 Å². The molecule has 0 saturated carbocycles. The molecule has 0 fully saturated rings. The van der Waals surface area contributed by atoms with Crippen LogP contribution in [0.4, 0.5) is 9.52 Å². The van der Waals surface area contributed by atoms with Crippen LogP contribution in [0.2, 0.25) is 0 Å². The van der Waals surface area contributed by atoms with Gasteiger partial charge in [-0.3, -0.25) is 0 Å². The first-order valence-electron chi connectivity index (χ1n) is 7.68. The molecular weight excluding hydrogens is 457 g/mol. The number of aromatic nitrogens is 4. The Balaban J connectivity index is 1.30. The summed E-state index contributed by atoms with van der Waals surface area (Å²) in [4.78, 5) is 0. The second-order valence-electron chi connectivity index (χ2n) is 5.25. The van der Waals surface area contributed by atoms with E-state index in [1.165, 1.54) is 35.2 Å². The van der Waals surface area contributed by atoms with Gasteiger partial charge in [0.15, 0.2) is 14.8 Å². The van der Waals surface area contributed by atoms with Crippen molar-refractivity contribution in [3.8, 4) is 11.7 Å². The predicted molar refractivity (Wildman–Crippen MR) is 103 cm³/mol. The normalized spacial score (nSPS) is 11.0. The topological polar surface area (TPSA) is 89.9 Å². The number of benzene rings is 1. The molecule has 1 aromatic carbocycles. The highest BCUT2D eigenvalue weighted by Crippen LogP contribution is 2.29. The molecule has 3 aromatic heterocycles. The molecule has 0 aliphatic heterocycles. The van der Waals surface area contributed by atoms with E-state index >= 15 is 0 Å². The van der Waals surface area contributed by atoms with Gasteiger partial charge in [-0.15, -0.1) is 20.4 Å². The van der Waals surface area contributed by atoms with Crippen molar-refractivity contribution in [2.75, 3.05) is 5.32 Å². The van der Waals surface area contributed by atoms with E-state index < -0.39 is 0 Å². The second-order valence-corrected chi connectivity index (χ2v) is 8.23. The summed E-state index contributed by atoms with van der Waals surface area (Å²) >= 11 is 6.11. The van der Waals surface area contributed by atoms with Gasteiger partial charge in [0, 0.05) is 6.54 Å². The van der Waals surface area contributed by atoms with Gasteiger partial charge < -0.3 is 14.2 Å². The zero-order valence-electron chi connectivity index (χ0n) is 13.6. The van der Waals surface area contributed by atoms with Gasteiger partial charge in [0.25, 0.3) is 5.89 Å². The third-order valence-corrected chi connectivity index (χ3v) is 5.76. The van der Waals surface area contributed by atoms with Crippen LogP contribution in [0.3, 0.4) is 0 Å². The molecule has 0 spiro atoms. The minimum absolute atomic E-state index is 0.253. The van der Waals surface area contributed by atoms with E-state index in [0.717, 1.165) is 9.90 Å². The van der Waals surface area contributed by atoms with E-state index in [-0.39, 0.29) is 5.82 Å². The molecule has 4 aromatic rings. The van der Waals surface area contributed by atoms with Crippen LogP contribution in [-0.4, -0.2) is 20.4 Å². The molecule has 7 nitrogen and oxygen atoms in total. The lowest BCUT2D eigenvalue weighted by atomic mass is 10.2. The number of nitrogens with zero attached hydrogens (tertiary/aromatic N) is 4. The number of furan rings is 1. The number of anilines is 1. The summed E-state index contributed by atoms with van der Waals surface area (Å²) in [5.74, 6) is 1.53. The Morgan fingerprint density at radius 2 is 1.89 bits per heavy atom. The smallest absolute Gasteiger partial charge is 0.283 e. The van der Waals surface area contributed by atoms with E-state index in [2.05, 4.69) is 41.6 Å². The van der Waals surface area contributed by atoms with E-state index in [9.17, 15) is 4.39 Å². The Morgan fingerprint density at radius 3 is 2.67 bits per heavy atom. The van der Waals surface area contributed by atoms with Gasteiger partial charge in [-0.05, 0) is 45.8 Å². The Morgan fingerprint density at radius 1 is 1.04 bits per heavy atom. The number of hydrogen-bond acceptors (Lipinski definition) is 9. The molecule has 0 bridgehead atoms. The highest BCUT2D eigenvalue weighted by Gasteiger charge is 2.13. The van der Waals surface area contributed by atoms with Crippen molar-refractivity contribution in [2.24, 2.45) is 0 Å². The predicted octanol–water partition coefficient (Wildman–Crippen LogP) is 4.99. The summed E-state index contributed by atoms with van der Waals surface area (Å²) in [6.07, 6.45) is 0. The summed E-state index contributed by atoms with van der Waals surface area (Å²) in [5, 5.41) is 20.0. The summed E-state index contributed by atoms with van der Waals surface area (Å²) in [6, 6.07) is 9.82. The number of rotatable bonds is 7. The lowest BCUT2D eigenvalue weighted by Crippen LogP contribution is -1.98. The molecule has 27 heavy (non-hydrogen) atoms. The maximum absolute atomic E-state index is 12.9. The van der Waals surface area contributed by atoms with Crippen LogP contribution in [-0.2, 0) is 12.3 Å². The van der Waals surface area contributed by atoms with Crippen molar-refractivity contribution in [1.82, 2.24) is 20.4 Å². The zero-order chi connectivity index (χ0) is 18.6. The van der Waals surface area contributed by atoms with Crippen molar-refractivity contribution in [2.45, 2.75) is 16.6 Å². The van der Waals surface area contributed by atoms with Gasteiger partial charge in [-0.1, -0.05) is 35.2 Å². The Hall–Kier alpha value is -2.24. The summed E-state index contributed by atoms with van der Waals surface area (Å²) in [7, 11) is 0. The minimum Gasteiger partial charge on any atom is -0.444 e. The highest BCUT2D eigenvalue weighted by atomic mass is 79.9. The fourth-order valence-corrected chi connectivity index (χ4v) is 3.97. The Kier molecular flexibility index (Phi) is 5.50. The Labute approximate surface area is 169 Å². The molecule has 0 saturated heterocycles. The van der Waals surface area contributed by atoms with Crippen LogP contribution < -0.4 is 5.32 Å². The SMILES string of the molecule is Fc1ccc(CNc2nnc(SCc3nnc(-c4ccc(Br)o4)o3)s2)cc1. The number of nitrogens with one attached hydrogen (secondary N) is 1. The maximum atomic E-state index is 12.9. The van der Waals surface area contributed by atoms with Gasteiger partial charge in [-0.25, -0.2) is 4.39 Å². The van der Waals surface area contributed by atoms with Crippen molar-refractivity contribution in [3.05, 3.63) is 58.3 Å². The number of thioether (sulfide) groups is 1. The van der Waals surface area contributed by atoms with Crippen molar-refractivity contribution >= 4 is 44.2 Å². The van der Waals surface area contributed by atoms with Crippen LogP contribution in [0.5, 0.6) is 0 Å². The molecule has 3 heterocycles. The fourth-order valence-electron chi connectivity index (χ4n) is 2.08. The quantitative estimate of drug-likeness (QED) is 0.380. The molecule has 11 heteroatoms. The van der Waals surface area contributed by atoms with Crippen LogP contribution in [0.15, 0.2) is 54.2 Å². The van der Waals surface area contributed by atoms with Gasteiger partial charge >= 0.3 is 0 Å².